The second-order valence-corrected chi connectivity index (χ2v) is 8.31. The van der Waals surface area contributed by atoms with E-state index in [0.29, 0.717) is 22.4 Å². The lowest BCUT2D eigenvalue weighted by Gasteiger charge is -2.18. The van der Waals surface area contributed by atoms with Crippen molar-refractivity contribution in [2.45, 2.75) is 33.1 Å². The second kappa shape index (κ2) is 9.42. The van der Waals surface area contributed by atoms with Crippen molar-refractivity contribution in [1.29, 1.82) is 0 Å². The van der Waals surface area contributed by atoms with Gasteiger partial charge < -0.3 is 9.47 Å². The summed E-state index contributed by atoms with van der Waals surface area (Å²) in [5.74, 6) is -1.02. The van der Waals surface area contributed by atoms with Gasteiger partial charge in [0.25, 0.3) is 0 Å². The van der Waals surface area contributed by atoms with Crippen LogP contribution in [0, 0.1) is 13.8 Å². The first-order valence-corrected chi connectivity index (χ1v) is 10.9. The molecule has 4 aromatic rings. The Bertz CT molecular complexity index is 1470. The molecule has 1 aromatic heterocycles. The molecule has 192 valence electrons. The van der Waals surface area contributed by atoms with Crippen LogP contribution in [0.3, 0.4) is 0 Å². The number of hydrogen-bond acceptors (Lipinski definition) is 4. The van der Waals surface area contributed by atoms with Gasteiger partial charge in [-0.25, -0.2) is 0 Å². The molecular formula is C27H19F6NO3. The number of carbonyl (C=O) groups excluding carboxylic acids is 1. The van der Waals surface area contributed by atoms with Gasteiger partial charge in [-0.3, -0.25) is 9.78 Å². The Morgan fingerprint density at radius 2 is 1.38 bits per heavy atom. The first kappa shape index (κ1) is 26.0. The fourth-order valence-corrected chi connectivity index (χ4v) is 3.75. The van der Waals surface area contributed by atoms with Gasteiger partial charge in [0.05, 0.1) is 11.1 Å². The van der Waals surface area contributed by atoms with Crippen LogP contribution < -0.4 is 9.47 Å². The van der Waals surface area contributed by atoms with Gasteiger partial charge in [-0.05, 0) is 61.4 Å². The van der Waals surface area contributed by atoms with E-state index in [4.69, 9.17) is 9.47 Å². The zero-order valence-corrected chi connectivity index (χ0v) is 19.7. The van der Waals surface area contributed by atoms with Gasteiger partial charge in [0.2, 0.25) is 0 Å². The van der Waals surface area contributed by atoms with E-state index in [1.165, 1.54) is 43.3 Å². The standard InChI is InChI=1S/C27H19F6NO3/c1-14-15(2)34-23-13-22(27(31,32)33)24(12-21(23)25(14)36-16(3)35)37-20-10-6-18(7-11-20)17-4-8-19(9-5-17)26(28,29)30/h4-13H,1-3H3. The predicted molar refractivity (Wildman–Crippen MR) is 124 cm³/mol. The molecule has 0 aliphatic heterocycles. The van der Waals surface area contributed by atoms with E-state index in [0.717, 1.165) is 24.3 Å². The number of carbonyl (C=O) groups is 1. The lowest BCUT2D eigenvalue weighted by atomic mass is 10.0. The molecule has 0 atom stereocenters. The van der Waals surface area contributed by atoms with E-state index in [1.54, 1.807) is 13.8 Å². The Morgan fingerprint density at radius 1 is 0.811 bits per heavy atom. The van der Waals surface area contributed by atoms with Crippen LogP contribution in [-0.2, 0) is 17.1 Å². The van der Waals surface area contributed by atoms with Gasteiger partial charge in [-0.15, -0.1) is 0 Å². The zero-order valence-electron chi connectivity index (χ0n) is 19.7. The summed E-state index contributed by atoms with van der Waals surface area (Å²) in [6.07, 6.45) is -9.24. The third kappa shape index (κ3) is 5.52. The van der Waals surface area contributed by atoms with Gasteiger partial charge in [-0.1, -0.05) is 24.3 Å². The summed E-state index contributed by atoms with van der Waals surface area (Å²) in [5.41, 5.74) is 0.0548. The highest BCUT2D eigenvalue weighted by atomic mass is 19.4. The number of rotatable bonds is 4. The molecule has 4 nitrogen and oxygen atoms in total. The molecule has 3 aromatic carbocycles. The molecule has 0 saturated carbocycles. The Kier molecular flexibility index (Phi) is 6.62. The summed E-state index contributed by atoms with van der Waals surface area (Å²) in [6.45, 7) is 4.41. The van der Waals surface area contributed by atoms with Crippen molar-refractivity contribution in [1.82, 2.24) is 4.98 Å². The molecule has 0 unspecified atom stereocenters. The number of alkyl halides is 6. The largest absolute Gasteiger partial charge is 0.457 e. The van der Waals surface area contributed by atoms with E-state index in [1.807, 2.05) is 0 Å². The van der Waals surface area contributed by atoms with E-state index in [2.05, 4.69) is 4.98 Å². The van der Waals surface area contributed by atoms with Crippen LogP contribution in [0.4, 0.5) is 26.3 Å². The highest BCUT2D eigenvalue weighted by Crippen LogP contribution is 2.43. The predicted octanol–water partition coefficient (Wildman–Crippen LogP) is 8.27. The molecule has 0 radical (unpaired) electrons. The third-order valence-electron chi connectivity index (χ3n) is 5.69. The second-order valence-electron chi connectivity index (χ2n) is 8.31. The van der Waals surface area contributed by atoms with Crippen molar-refractivity contribution in [2.75, 3.05) is 0 Å². The summed E-state index contributed by atoms with van der Waals surface area (Å²) in [6, 6.07) is 12.3. The number of fused-ring (bicyclic) bond motifs is 1. The molecule has 0 saturated heterocycles. The summed E-state index contributed by atoms with van der Waals surface area (Å²) < 4.78 is 91.0. The van der Waals surface area contributed by atoms with E-state index in [-0.39, 0.29) is 22.4 Å². The van der Waals surface area contributed by atoms with Crippen molar-refractivity contribution in [2.24, 2.45) is 0 Å². The number of esters is 1. The number of ether oxygens (including phenoxy) is 2. The molecule has 4 rings (SSSR count). The highest BCUT2D eigenvalue weighted by molar-refractivity contribution is 5.91. The number of nitrogens with zero attached hydrogens (tertiary/aromatic N) is 1. The summed E-state index contributed by atoms with van der Waals surface area (Å²) in [5, 5.41) is 0.169. The van der Waals surface area contributed by atoms with Crippen LogP contribution in [0.25, 0.3) is 22.0 Å². The molecule has 10 heteroatoms. The Hall–Kier alpha value is -4.08. The van der Waals surface area contributed by atoms with Crippen molar-refractivity contribution >= 4 is 16.9 Å². The zero-order chi connectivity index (χ0) is 27.1. The maximum absolute atomic E-state index is 13.9. The first-order chi connectivity index (χ1) is 17.2. The number of hydrogen-bond donors (Lipinski definition) is 0. The van der Waals surface area contributed by atoms with Crippen LogP contribution in [-0.4, -0.2) is 11.0 Å². The number of halogens is 6. The van der Waals surface area contributed by atoms with Gasteiger partial charge in [-0.2, -0.15) is 26.3 Å². The highest BCUT2D eigenvalue weighted by Gasteiger charge is 2.36. The monoisotopic (exact) mass is 519 g/mol. The Balaban J connectivity index is 1.73. The average Bonchev–Trinajstić information content (AvgIpc) is 2.81. The number of pyridine rings is 1. The van der Waals surface area contributed by atoms with Crippen molar-refractivity contribution < 1.29 is 40.6 Å². The van der Waals surface area contributed by atoms with E-state index >= 15 is 0 Å². The fourth-order valence-electron chi connectivity index (χ4n) is 3.75. The van der Waals surface area contributed by atoms with Crippen molar-refractivity contribution in [3.63, 3.8) is 0 Å². The maximum Gasteiger partial charge on any atom is 0.420 e. The summed E-state index contributed by atoms with van der Waals surface area (Å²) in [4.78, 5) is 15.8. The Morgan fingerprint density at radius 3 is 1.89 bits per heavy atom. The minimum atomic E-state index is -4.77. The first-order valence-electron chi connectivity index (χ1n) is 10.9. The fraction of sp³-hybridized carbons (Fsp3) is 0.185. The van der Waals surface area contributed by atoms with E-state index < -0.39 is 35.2 Å². The molecule has 1 heterocycles. The van der Waals surface area contributed by atoms with Crippen LogP contribution in [0.15, 0.2) is 60.7 Å². The normalized spacial score (nSPS) is 12.0. The number of aryl methyl sites for hydroxylation is 1. The molecule has 0 N–H and O–H groups in total. The molecule has 0 spiro atoms. The smallest absolute Gasteiger partial charge is 0.420 e. The molecule has 0 aliphatic rings. The minimum Gasteiger partial charge on any atom is -0.457 e. The van der Waals surface area contributed by atoms with Crippen LogP contribution in [0.2, 0.25) is 0 Å². The quantitative estimate of drug-likeness (QED) is 0.201. The number of benzene rings is 3. The van der Waals surface area contributed by atoms with Gasteiger partial charge in [0, 0.05) is 23.6 Å². The Labute approximate surface area is 207 Å². The SMILES string of the molecule is CC(=O)Oc1c(C)c(C)nc2cc(C(F)(F)F)c(Oc3ccc(-c4ccc(C(F)(F)F)cc4)cc3)cc12. The molecule has 0 aliphatic carbocycles. The topological polar surface area (TPSA) is 48.4 Å². The number of aromatic nitrogens is 1. The third-order valence-corrected chi connectivity index (χ3v) is 5.69. The van der Waals surface area contributed by atoms with Gasteiger partial charge in [0.1, 0.15) is 22.8 Å². The molecule has 0 bridgehead atoms. The maximum atomic E-state index is 13.9. The minimum absolute atomic E-state index is 0.0170. The lowest BCUT2D eigenvalue weighted by molar-refractivity contribution is -0.139. The average molecular weight is 519 g/mol. The summed E-state index contributed by atoms with van der Waals surface area (Å²) in [7, 11) is 0. The van der Waals surface area contributed by atoms with Crippen molar-refractivity contribution in [3.05, 3.63) is 83.0 Å². The molecule has 0 fully saturated rings. The van der Waals surface area contributed by atoms with Crippen LogP contribution >= 0.6 is 0 Å². The molecule has 37 heavy (non-hydrogen) atoms. The van der Waals surface area contributed by atoms with Crippen LogP contribution in [0.1, 0.15) is 29.3 Å². The molecular weight excluding hydrogens is 500 g/mol. The van der Waals surface area contributed by atoms with Gasteiger partial charge in [0.15, 0.2) is 0 Å². The van der Waals surface area contributed by atoms with E-state index in [9.17, 15) is 31.1 Å². The lowest BCUT2D eigenvalue weighted by Crippen LogP contribution is -2.09. The molecule has 0 amide bonds. The summed E-state index contributed by atoms with van der Waals surface area (Å²) >= 11 is 0. The van der Waals surface area contributed by atoms with Crippen LogP contribution in [0.5, 0.6) is 17.2 Å². The van der Waals surface area contributed by atoms with Crippen molar-refractivity contribution in [3.8, 4) is 28.4 Å². The van der Waals surface area contributed by atoms with Gasteiger partial charge >= 0.3 is 18.3 Å².